The van der Waals surface area contributed by atoms with E-state index in [-0.39, 0.29) is 16.9 Å². The normalized spacial score (nSPS) is 13.7. The largest absolute Gasteiger partial charge is 0.506 e. The van der Waals surface area contributed by atoms with Gasteiger partial charge in [-0.25, -0.2) is 4.98 Å². The Morgan fingerprint density at radius 3 is 2.47 bits per heavy atom. The molecule has 170 valence electrons. The van der Waals surface area contributed by atoms with Crippen LogP contribution in [0.2, 0.25) is 0 Å². The molecule has 0 amide bonds. The number of aromatic hydroxyl groups is 1. The zero-order chi connectivity index (χ0) is 23.8. The van der Waals surface area contributed by atoms with Crippen molar-refractivity contribution in [2.75, 3.05) is 18.0 Å². The first-order valence-corrected chi connectivity index (χ1v) is 12.1. The number of fused-ring (bicyclic) bond motifs is 1. The molecule has 1 fully saturated rings. The number of rotatable bonds is 3. The van der Waals surface area contributed by atoms with Crippen molar-refractivity contribution in [2.45, 2.75) is 19.3 Å². The highest BCUT2D eigenvalue weighted by Crippen LogP contribution is 2.38. The first-order valence-electron chi connectivity index (χ1n) is 11.3. The number of aryl methyl sites for hydroxylation is 1. The van der Waals surface area contributed by atoms with E-state index in [1.165, 1.54) is 4.57 Å². The molecule has 1 aliphatic heterocycles. The second-order valence-corrected chi connectivity index (χ2v) is 9.44. The SMILES string of the molecule is Cn1c(=O)c(-c2cc(-c3ccc(Br)cc3)c(C#N)c(N3CCCCC3)n2)c(O)c2ccccc21. The molecule has 7 heteroatoms. The second-order valence-electron chi connectivity index (χ2n) is 8.52. The Morgan fingerprint density at radius 2 is 1.76 bits per heavy atom. The van der Waals surface area contributed by atoms with Crippen molar-refractivity contribution < 1.29 is 5.11 Å². The minimum absolute atomic E-state index is 0.0951. The lowest BCUT2D eigenvalue weighted by Gasteiger charge is -2.29. The highest BCUT2D eigenvalue weighted by Gasteiger charge is 2.24. The molecule has 0 spiro atoms. The van der Waals surface area contributed by atoms with E-state index in [1.54, 1.807) is 25.2 Å². The van der Waals surface area contributed by atoms with E-state index < -0.39 is 0 Å². The molecular weight excluding hydrogens is 492 g/mol. The molecule has 2 aromatic carbocycles. The predicted octanol–water partition coefficient (Wildman–Crippen LogP) is 5.60. The van der Waals surface area contributed by atoms with Gasteiger partial charge < -0.3 is 14.6 Å². The molecule has 0 saturated carbocycles. The zero-order valence-electron chi connectivity index (χ0n) is 18.8. The summed E-state index contributed by atoms with van der Waals surface area (Å²) in [5, 5.41) is 21.9. The van der Waals surface area contributed by atoms with Crippen molar-refractivity contribution in [3.8, 4) is 34.2 Å². The maximum Gasteiger partial charge on any atom is 0.264 e. The summed E-state index contributed by atoms with van der Waals surface area (Å²) in [6, 6.07) is 19.1. The third kappa shape index (κ3) is 3.74. The fourth-order valence-corrected chi connectivity index (χ4v) is 4.94. The molecule has 0 aliphatic carbocycles. The van der Waals surface area contributed by atoms with E-state index in [9.17, 15) is 15.2 Å². The molecule has 4 aromatic rings. The minimum atomic E-state index is -0.334. The molecule has 0 unspecified atom stereocenters. The lowest BCUT2D eigenvalue weighted by atomic mass is 9.97. The van der Waals surface area contributed by atoms with Crippen molar-refractivity contribution in [1.29, 1.82) is 5.26 Å². The van der Waals surface area contributed by atoms with Crippen LogP contribution in [-0.4, -0.2) is 27.7 Å². The van der Waals surface area contributed by atoms with Crippen LogP contribution in [0.3, 0.4) is 0 Å². The van der Waals surface area contributed by atoms with Crippen molar-refractivity contribution in [3.63, 3.8) is 0 Å². The van der Waals surface area contributed by atoms with Gasteiger partial charge in [0.1, 0.15) is 28.8 Å². The second kappa shape index (κ2) is 8.96. The van der Waals surface area contributed by atoms with Crippen LogP contribution in [0.5, 0.6) is 5.75 Å². The number of pyridine rings is 2. The van der Waals surface area contributed by atoms with Crippen molar-refractivity contribution in [3.05, 3.63) is 75.0 Å². The fraction of sp³-hybridized carbons (Fsp3) is 0.222. The van der Waals surface area contributed by atoms with Crippen LogP contribution in [-0.2, 0) is 7.05 Å². The summed E-state index contributed by atoms with van der Waals surface area (Å²) in [5.74, 6) is 0.467. The molecule has 0 atom stereocenters. The first-order chi connectivity index (χ1) is 16.5. The summed E-state index contributed by atoms with van der Waals surface area (Å²) in [5.41, 5.74) is 2.83. The molecule has 1 saturated heterocycles. The van der Waals surface area contributed by atoms with Crippen LogP contribution in [0.4, 0.5) is 5.82 Å². The van der Waals surface area contributed by atoms with Gasteiger partial charge in [0.05, 0.1) is 11.2 Å². The van der Waals surface area contributed by atoms with E-state index in [2.05, 4.69) is 26.9 Å². The summed E-state index contributed by atoms with van der Waals surface area (Å²) in [6.07, 6.45) is 3.18. The lowest BCUT2D eigenvalue weighted by molar-refractivity contribution is 0.481. The first kappa shape index (κ1) is 22.2. The lowest BCUT2D eigenvalue weighted by Crippen LogP contribution is -2.31. The molecule has 1 N–H and O–H groups in total. The molecule has 0 radical (unpaired) electrons. The average molecular weight is 515 g/mol. The summed E-state index contributed by atoms with van der Waals surface area (Å²) in [7, 11) is 1.69. The molecule has 5 rings (SSSR count). The number of hydrogen-bond acceptors (Lipinski definition) is 5. The third-order valence-electron chi connectivity index (χ3n) is 6.45. The maximum atomic E-state index is 13.4. The number of hydrogen-bond donors (Lipinski definition) is 1. The quantitative estimate of drug-likeness (QED) is 0.384. The number of anilines is 1. The van der Waals surface area contributed by atoms with E-state index in [1.807, 2.05) is 36.4 Å². The zero-order valence-corrected chi connectivity index (χ0v) is 20.3. The van der Waals surface area contributed by atoms with Crippen LogP contribution in [0.15, 0.2) is 63.9 Å². The average Bonchev–Trinajstić information content (AvgIpc) is 2.88. The Morgan fingerprint density at radius 1 is 1.06 bits per heavy atom. The highest BCUT2D eigenvalue weighted by molar-refractivity contribution is 9.10. The van der Waals surface area contributed by atoms with Crippen molar-refractivity contribution in [1.82, 2.24) is 9.55 Å². The molecule has 3 heterocycles. The van der Waals surface area contributed by atoms with E-state index in [0.29, 0.717) is 33.5 Å². The summed E-state index contributed by atoms with van der Waals surface area (Å²) < 4.78 is 2.46. The van der Waals surface area contributed by atoms with Gasteiger partial charge >= 0.3 is 0 Å². The molecule has 1 aliphatic rings. The van der Waals surface area contributed by atoms with Crippen LogP contribution < -0.4 is 10.5 Å². The number of halogens is 1. The van der Waals surface area contributed by atoms with Gasteiger partial charge in [0.25, 0.3) is 5.56 Å². The van der Waals surface area contributed by atoms with Gasteiger partial charge in [0.15, 0.2) is 0 Å². The van der Waals surface area contributed by atoms with Crippen LogP contribution in [0.25, 0.3) is 33.3 Å². The number of aromatic nitrogens is 2. The number of benzene rings is 2. The summed E-state index contributed by atoms with van der Waals surface area (Å²) in [6.45, 7) is 1.60. The standard InChI is InChI=1S/C27H23BrN4O2/c1-31-23-8-4-3-7-19(23)25(33)24(27(31)34)22-15-20(17-9-11-18(28)12-10-17)21(16-29)26(30-22)32-13-5-2-6-14-32/h3-4,7-12,15,33H,2,5-6,13-14H2,1H3. The summed E-state index contributed by atoms with van der Waals surface area (Å²) in [4.78, 5) is 20.4. The number of para-hydroxylation sites is 1. The van der Waals surface area contributed by atoms with Crippen LogP contribution in [0, 0.1) is 11.3 Å². The van der Waals surface area contributed by atoms with E-state index in [0.717, 1.165) is 42.4 Å². The molecule has 2 aromatic heterocycles. The van der Waals surface area contributed by atoms with Gasteiger partial charge in [0.2, 0.25) is 0 Å². The minimum Gasteiger partial charge on any atom is -0.506 e. The van der Waals surface area contributed by atoms with Gasteiger partial charge in [-0.3, -0.25) is 4.79 Å². The molecular formula is C27H23BrN4O2. The predicted molar refractivity (Wildman–Crippen MR) is 138 cm³/mol. The van der Waals surface area contributed by atoms with Crippen LogP contribution in [0.1, 0.15) is 24.8 Å². The molecule has 0 bridgehead atoms. The number of nitriles is 1. The van der Waals surface area contributed by atoms with E-state index in [4.69, 9.17) is 4.98 Å². The Labute approximate surface area is 205 Å². The van der Waals surface area contributed by atoms with Gasteiger partial charge in [-0.05, 0) is 55.2 Å². The fourth-order valence-electron chi connectivity index (χ4n) is 4.67. The Bertz CT molecular complexity index is 1500. The van der Waals surface area contributed by atoms with Gasteiger partial charge in [-0.2, -0.15) is 5.26 Å². The van der Waals surface area contributed by atoms with Gasteiger partial charge in [0, 0.05) is 35.6 Å². The van der Waals surface area contributed by atoms with Crippen molar-refractivity contribution in [2.24, 2.45) is 7.05 Å². The molecule has 6 nitrogen and oxygen atoms in total. The number of piperidine rings is 1. The number of nitrogens with zero attached hydrogens (tertiary/aromatic N) is 4. The van der Waals surface area contributed by atoms with Crippen molar-refractivity contribution >= 4 is 32.7 Å². The maximum absolute atomic E-state index is 13.4. The van der Waals surface area contributed by atoms with E-state index >= 15 is 0 Å². The van der Waals surface area contributed by atoms with Gasteiger partial charge in [-0.1, -0.05) is 40.2 Å². The Balaban J connectivity index is 1.84. The third-order valence-corrected chi connectivity index (χ3v) is 6.98. The smallest absolute Gasteiger partial charge is 0.264 e. The Kier molecular flexibility index (Phi) is 5.84. The topological polar surface area (TPSA) is 82.2 Å². The Hall–Kier alpha value is -3.63. The van der Waals surface area contributed by atoms with Gasteiger partial charge in [-0.15, -0.1) is 0 Å². The highest BCUT2D eigenvalue weighted by atomic mass is 79.9. The van der Waals surface area contributed by atoms with Crippen LogP contribution >= 0.6 is 15.9 Å². The monoisotopic (exact) mass is 514 g/mol. The molecule has 34 heavy (non-hydrogen) atoms. The summed E-state index contributed by atoms with van der Waals surface area (Å²) >= 11 is 3.47.